The molecule has 0 radical (unpaired) electrons. The van der Waals surface area contributed by atoms with Crippen molar-refractivity contribution >= 4 is 23.1 Å². The van der Waals surface area contributed by atoms with Gasteiger partial charge >= 0.3 is 24.3 Å². The van der Waals surface area contributed by atoms with Crippen molar-refractivity contribution < 1.29 is 34.3 Å². The standard InChI is InChI=1S/2C9H12N3P.BF4.Cu/c2*10-4-1-7-13(8-2-5-11)9-3-6-12;2-1(3,4)5;/h2*1-3,7-9H2;;/q;;-1;+1. The molecule has 0 saturated carbocycles. The molecule has 0 aromatic carbocycles. The van der Waals surface area contributed by atoms with Gasteiger partial charge in [0.2, 0.25) is 0 Å². The van der Waals surface area contributed by atoms with Crippen LogP contribution in [0.5, 0.6) is 0 Å². The van der Waals surface area contributed by atoms with Crippen molar-refractivity contribution in [3.05, 3.63) is 0 Å². The summed E-state index contributed by atoms with van der Waals surface area (Å²) in [6.45, 7) is 0. The van der Waals surface area contributed by atoms with E-state index in [4.69, 9.17) is 31.6 Å². The van der Waals surface area contributed by atoms with E-state index in [1.54, 1.807) is 0 Å². The molecule has 0 aromatic rings. The van der Waals surface area contributed by atoms with Crippen molar-refractivity contribution in [2.45, 2.75) is 38.5 Å². The number of hydrogen-bond donors (Lipinski definition) is 0. The summed E-state index contributed by atoms with van der Waals surface area (Å²) >= 11 is 0. The Labute approximate surface area is 200 Å². The van der Waals surface area contributed by atoms with E-state index in [1.807, 2.05) is 0 Å². The van der Waals surface area contributed by atoms with Gasteiger partial charge in [0.1, 0.15) is 0 Å². The summed E-state index contributed by atoms with van der Waals surface area (Å²) < 4.78 is 39.0. The molecule has 0 amide bonds. The molecule has 0 atom stereocenters. The molecular weight excluding hydrogens is 513 g/mol. The second-order valence-corrected chi connectivity index (χ2v) is 11.0. The van der Waals surface area contributed by atoms with E-state index in [-0.39, 0.29) is 32.9 Å². The minimum atomic E-state index is -6.00. The molecule has 0 bridgehead atoms. The normalized spacial score (nSPS) is 9.00. The second kappa shape index (κ2) is 29.1. The zero-order valence-electron chi connectivity index (χ0n) is 17.5. The Morgan fingerprint density at radius 2 is 0.562 bits per heavy atom. The SMILES string of the molecule is F[B-](F)(F)F.N#CCCP(CCC#N)CCC#N.N#CCCP(CCC#N)CCC#N.[Cu+]. The molecule has 14 heteroatoms. The largest absolute Gasteiger partial charge is 1.00 e. The second-order valence-electron chi connectivity index (χ2n) is 5.63. The van der Waals surface area contributed by atoms with Gasteiger partial charge in [0.05, 0.1) is 36.4 Å². The van der Waals surface area contributed by atoms with Crippen LogP contribution in [0.25, 0.3) is 0 Å². The van der Waals surface area contributed by atoms with Gasteiger partial charge in [0.25, 0.3) is 0 Å². The van der Waals surface area contributed by atoms with Crippen LogP contribution in [-0.2, 0) is 17.1 Å². The van der Waals surface area contributed by atoms with Crippen LogP contribution in [0.15, 0.2) is 0 Å². The van der Waals surface area contributed by atoms with Crippen LogP contribution < -0.4 is 0 Å². The van der Waals surface area contributed by atoms with E-state index >= 15 is 0 Å². The molecule has 0 aliphatic carbocycles. The molecule has 32 heavy (non-hydrogen) atoms. The summed E-state index contributed by atoms with van der Waals surface area (Å²) in [6, 6.07) is 12.6. The third-order valence-corrected chi connectivity index (χ3v) is 8.38. The number of hydrogen-bond acceptors (Lipinski definition) is 6. The first-order chi connectivity index (χ1) is 14.7. The van der Waals surface area contributed by atoms with E-state index < -0.39 is 7.25 Å². The Hall–Kier alpha value is -1.90. The van der Waals surface area contributed by atoms with Gasteiger partial charge in [-0.05, 0) is 37.0 Å². The minimum Gasteiger partial charge on any atom is -0.418 e. The molecule has 0 saturated heterocycles. The Morgan fingerprint density at radius 1 is 0.438 bits per heavy atom. The maximum atomic E-state index is 9.75. The molecule has 0 aliphatic rings. The summed E-state index contributed by atoms with van der Waals surface area (Å²) in [7, 11) is -6.49. The average Bonchev–Trinajstić information content (AvgIpc) is 2.72. The fourth-order valence-corrected chi connectivity index (χ4v) is 5.76. The molecule has 0 heterocycles. The molecule has 178 valence electrons. The summed E-state index contributed by atoms with van der Waals surface area (Å²) in [5.74, 6) is 0. The van der Waals surface area contributed by atoms with Crippen LogP contribution >= 0.6 is 15.8 Å². The van der Waals surface area contributed by atoms with Crippen LogP contribution in [0, 0.1) is 68.0 Å². The molecule has 0 spiro atoms. The molecule has 0 aliphatic heterocycles. The first-order valence-electron chi connectivity index (χ1n) is 9.23. The molecular formula is C18H24BCuF4N6P2. The minimum absolute atomic E-state index is 0. The monoisotopic (exact) mass is 536 g/mol. The molecule has 6 nitrogen and oxygen atoms in total. The Kier molecular flexibility index (Phi) is 34.0. The van der Waals surface area contributed by atoms with E-state index in [0.29, 0.717) is 38.5 Å². The molecule has 0 unspecified atom stereocenters. The first-order valence-corrected chi connectivity index (χ1v) is 13.0. The van der Waals surface area contributed by atoms with E-state index in [2.05, 4.69) is 36.4 Å². The predicted octanol–water partition coefficient (Wildman–Crippen LogP) is 5.72. The van der Waals surface area contributed by atoms with Gasteiger partial charge in [-0.25, -0.2) is 0 Å². The van der Waals surface area contributed by atoms with Gasteiger partial charge in [0, 0.05) is 38.5 Å². The smallest absolute Gasteiger partial charge is 0.418 e. The number of rotatable bonds is 12. The topological polar surface area (TPSA) is 143 Å². The van der Waals surface area contributed by atoms with Gasteiger partial charge in [0.15, 0.2) is 0 Å². The van der Waals surface area contributed by atoms with Gasteiger partial charge in [-0.2, -0.15) is 31.6 Å². The third-order valence-electron chi connectivity index (χ3n) is 3.24. The van der Waals surface area contributed by atoms with E-state index in [0.717, 1.165) is 37.0 Å². The zero-order chi connectivity index (χ0) is 24.4. The van der Waals surface area contributed by atoms with Crippen molar-refractivity contribution in [2.24, 2.45) is 0 Å². The van der Waals surface area contributed by atoms with Crippen LogP contribution in [0.4, 0.5) is 17.3 Å². The summed E-state index contributed by atoms with van der Waals surface area (Å²) in [5, 5.41) is 50.4. The molecule has 0 aromatic heterocycles. The fourth-order valence-electron chi connectivity index (χ4n) is 1.92. The maximum Gasteiger partial charge on any atom is 1.00 e. The van der Waals surface area contributed by atoms with Gasteiger partial charge in [-0.15, -0.1) is 15.8 Å². The van der Waals surface area contributed by atoms with Crippen LogP contribution in [0.1, 0.15) is 38.5 Å². The Bertz CT molecular complexity index is 556. The van der Waals surface area contributed by atoms with Crippen molar-refractivity contribution in [3.63, 3.8) is 0 Å². The van der Waals surface area contributed by atoms with Crippen LogP contribution in [0.3, 0.4) is 0 Å². The third kappa shape index (κ3) is 42.3. The van der Waals surface area contributed by atoms with Gasteiger partial charge in [-0.3, -0.25) is 0 Å². The average molecular weight is 537 g/mol. The first kappa shape index (κ1) is 37.4. The Morgan fingerprint density at radius 3 is 0.656 bits per heavy atom. The fraction of sp³-hybridized carbons (Fsp3) is 0.667. The molecule has 0 N–H and O–H groups in total. The van der Waals surface area contributed by atoms with E-state index in [9.17, 15) is 17.3 Å². The van der Waals surface area contributed by atoms with Crippen molar-refractivity contribution in [1.29, 1.82) is 31.6 Å². The number of halogens is 4. The maximum absolute atomic E-state index is 9.75. The van der Waals surface area contributed by atoms with Crippen LogP contribution in [0.2, 0.25) is 0 Å². The number of nitrogens with zero attached hydrogens (tertiary/aromatic N) is 6. The van der Waals surface area contributed by atoms with Gasteiger partial charge < -0.3 is 17.3 Å². The Balaban J connectivity index is -0.000000198. The summed E-state index contributed by atoms with van der Waals surface area (Å²) in [6.07, 6.45) is 8.65. The van der Waals surface area contributed by atoms with Gasteiger partial charge in [-0.1, -0.05) is 0 Å². The van der Waals surface area contributed by atoms with Crippen LogP contribution in [-0.4, -0.2) is 44.2 Å². The summed E-state index contributed by atoms with van der Waals surface area (Å²) in [4.78, 5) is 0. The predicted molar refractivity (Wildman–Crippen MR) is 115 cm³/mol. The van der Waals surface area contributed by atoms with Crippen molar-refractivity contribution in [3.8, 4) is 36.4 Å². The molecule has 0 rings (SSSR count). The summed E-state index contributed by atoms with van der Waals surface area (Å²) in [5.41, 5.74) is 0. The van der Waals surface area contributed by atoms with Crippen molar-refractivity contribution in [1.82, 2.24) is 0 Å². The van der Waals surface area contributed by atoms with Crippen molar-refractivity contribution in [2.75, 3.05) is 37.0 Å². The number of nitriles is 6. The molecule has 0 fully saturated rings. The zero-order valence-corrected chi connectivity index (χ0v) is 20.2. The quantitative estimate of drug-likeness (QED) is 0.177. The van der Waals surface area contributed by atoms with E-state index in [1.165, 1.54) is 0 Å².